The van der Waals surface area contributed by atoms with Gasteiger partial charge >= 0.3 is 12.1 Å². The van der Waals surface area contributed by atoms with Crippen LogP contribution in [0.25, 0.3) is 0 Å². The summed E-state index contributed by atoms with van der Waals surface area (Å²) in [5, 5.41) is 10.6. The summed E-state index contributed by atoms with van der Waals surface area (Å²) in [6, 6.07) is 6.68. The lowest BCUT2D eigenvalue weighted by Gasteiger charge is -2.43. The van der Waals surface area contributed by atoms with E-state index in [0.29, 0.717) is 11.6 Å². The number of piperazine rings is 1. The van der Waals surface area contributed by atoms with Gasteiger partial charge in [-0.3, -0.25) is 14.8 Å². The van der Waals surface area contributed by atoms with E-state index >= 15 is 0 Å². The molecule has 0 radical (unpaired) electrons. The minimum atomic E-state index is -1.06. The first-order valence-electron chi connectivity index (χ1n) is 10.9. The highest BCUT2D eigenvalue weighted by Gasteiger charge is 2.41. The zero-order valence-electron chi connectivity index (χ0n) is 18.8. The van der Waals surface area contributed by atoms with Gasteiger partial charge in [0.05, 0.1) is 11.7 Å². The number of halogens is 2. The van der Waals surface area contributed by atoms with E-state index in [4.69, 9.17) is 21.3 Å². The number of nitrogens with zero attached hydrogens (tertiary/aromatic N) is 3. The molecule has 1 aliphatic carbocycles. The number of ether oxygens (including phenoxy) is 1. The maximum absolute atomic E-state index is 12.7. The molecule has 1 N–H and O–H groups in total. The molecule has 1 aromatic heterocycles. The summed E-state index contributed by atoms with van der Waals surface area (Å²) in [6.45, 7) is 6.21. The lowest BCUT2D eigenvalue weighted by molar-refractivity contribution is -0.146. The van der Waals surface area contributed by atoms with Crippen molar-refractivity contribution in [3.63, 3.8) is 0 Å². The average Bonchev–Trinajstić information content (AvgIpc) is 2.88. The zero-order valence-corrected chi connectivity index (χ0v) is 21.2. The summed E-state index contributed by atoms with van der Waals surface area (Å²) in [7, 11) is 0. The number of carboxylic acid groups (broad SMARTS) is 1. The fourth-order valence-electron chi connectivity index (χ4n) is 4.57. The standard InChI is InChI=1S/C24H27BrClN3O4/c1-24(2,3)33-23(32)29-9-8-28(13-19(29)22(30)31)21-18-7-6-17(26)11-14(18)4-5-15-10-16(25)12-27-20(15)21/h6-7,10-12,19,21H,4-5,8-9,13H2,1-3H3,(H,30,31)/t19-,21+/m1/s1. The van der Waals surface area contributed by atoms with Crippen molar-refractivity contribution in [3.8, 4) is 0 Å². The summed E-state index contributed by atoms with van der Waals surface area (Å²) in [5.41, 5.74) is 3.52. The third-order valence-corrected chi connectivity index (χ3v) is 6.65. The molecular weight excluding hydrogens is 510 g/mol. The predicted molar refractivity (Wildman–Crippen MR) is 129 cm³/mol. The Hall–Kier alpha value is -2.16. The largest absolute Gasteiger partial charge is 0.480 e. The van der Waals surface area contributed by atoms with Gasteiger partial charge in [-0.1, -0.05) is 17.7 Å². The van der Waals surface area contributed by atoms with Crippen LogP contribution in [0, 0.1) is 0 Å². The number of benzene rings is 1. The van der Waals surface area contributed by atoms with E-state index in [0.717, 1.165) is 39.7 Å². The topological polar surface area (TPSA) is 83.0 Å². The van der Waals surface area contributed by atoms with Crippen molar-refractivity contribution in [3.05, 3.63) is 62.3 Å². The van der Waals surface area contributed by atoms with E-state index < -0.39 is 23.7 Å². The number of aryl methyl sites for hydroxylation is 2. The van der Waals surface area contributed by atoms with Gasteiger partial charge in [-0.05, 0) is 84.4 Å². The van der Waals surface area contributed by atoms with Crippen LogP contribution in [0.2, 0.25) is 5.02 Å². The van der Waals surface area contributed by atoms with Gasteiger partial charge in [-0.25, -0.2) is 9.59 Å². The molecule has 0 spiro atoms. The van der Waals surface area contributed by atoms with Crippen molar-refractivity contribution < 1.29 is 19.4 Å². The third kappa shape index (κ3) is 5.18. The molecule has 2 atom stereocenters. The van der Waals surface area contributed by atoms with Gasteiger partial charge in [-0.2, -0.15) is 0 Å². The molecule has 1 saturated heterocycles. The Balaban J connectivity index is 1.71. The Kier molecular flexibility index (Phi) is 6.71. The number of amides is 1. The summed E-state index contributed by atoms with van der Waals surface area (Å²) in [4.78, 5) is 33.1. The highest BCUT2D eigenvalue weighted by molar-refractivity contribution is 9.10. The molecule has 1 amide bonds. The first kappa shape index (κ1) is 24.0. The molecule has 2 aromatic rings. The molecule has 1 aromatic carbocycles. The summed E-state index contributed by atoms with van der Waals surface area (Å²) < 4.78 is 6.37. The number of carboxylic acids is 1. The molecule has 176 valence electrons. The van der Waals surface area contributed by atoms with E-state index in [9.17, 15) is 14.7 Å². The van der Waals surface area contributed by atoms with Gasteiger partial charge in [0.25, 0.3) is 0 Å². The normalized spacial score (nSPS) is 21.1. The van der Waals surface area contributed by atoms with Gasteiger partial charge in [0.1, 0.15) is 11.6 Å². The Bertz CT molecular complexity index is 1030. The number of hydrogen-bond acceptors (Lipinski definition) is 5. The second-order valence-electron chi connectivity index (χ2n) is 9.47. The maximum Gasteiger partial charge on any atom is 0.411 e. The predicted octanol–water partition coefficient (Wildman–Crippen LogP) is 4.69. The number of hydrogen-bond donors (Lipinski definition) is 1. The molecule has 0 saturated carbocycles. The first-order chi connectivity index (χ1) is 15.5. The van der Waals surface area contributed by atoms with Crippen molar-refractivity contribution in [2.24, 2.45) is 0 Å². The van der Waals surface area contributed by atoms with Crippen molar-refractivity contribution in [1.82, 2.24) is 14.8 Å². The van der Waals surface area contributed by atoms with Gasteiger partial charge in [0.15, 0.2) is 0 Å². The van der Waals surface area contributed by atoms with Crippen molar-refractivity contribution in [1.29, 1.82) is 0 Å². The Morgan fingerprint density at radius 1 is 1.18 bits per heavy atom. The maximum atomic E-state index is 12.7. The van der Waals surface area contributed by atoms with Crippen molar-refractivity contribution in [2.45, 2.75) is 51.3 Å². The van der Waals surface area contributed by atoms with E-state index in [1.54, 1.807) is 27.0 Å². The molecule has 9 heteroatoms. The molecule has 2 heterocycles. The molecule has 4 rings (SSSR count). The summed E-state index contributed by atoms with van der Waals surface area (Å²) in [6.07, 6.45) is 2.80. The quantitative estimate of drug-likeness (QED) is 0.600. The molecule has 2 aliphatic rings. The molecule has 1 fully saturated rings. The monoisotopic (exact) mass is 535 g/mol. The highest BCUT2D eigenvalue weighted by atomic mass is 79.9. The second kappa shape index (κ2) is 9.24. The fraction of sp³-hybridized carbons (Fsp3) is 0.458. The summed E-state index contributed by atoms with van der Waals surface area (Å²) in [5.74, 6) is -1.06. The number of fused-ring (bicyclic) bond motifs is 2. The number of rotatable bonds is 2. The Morgan fingerprint density at radius 3 is 2.61 bits per heavy atom. The average molecular weight is 537 g/mol. The SMILES string of the molecule is CC(C)(C)OC(=O)N1CCN([C@H]2c3ccc(Cl)cc3CCc3cc(Br)cnc32)C[C@@H]1C(=O)O. The third-order valence-electron chi connectivity index (χ3n) is 5.98. The number of pyridine rings is 1. The Morgan fingerprint density at radius 2 is 1.91 bits per heavy atom. The van der Waals surface area contributed by atoms with Gasteiger partial charge < -0.3 is 9.84 Å². The minimum absolute atomic E-state index is 0.165. The smallest absolute Gasteiger partial charge is 0.411 e. The van der Waals surface area contributed by atoms with E-state index in [1.165, 1.54) is 4.90 Å². The van der Waals surface area contributed by atoms with Crippen LogP contribution in [0.4, 0.5) is 4.79 Å². The van der Waals surface area contributed by atoms with Crippen LogP contribution in [-0.4, -0.2) is 63.2 Å². The number of aliphatic carboxylic acids is 1. The van der Waals surface area contributed by atoms with Crippen LogP contribution in [0.15, 0.2) is 34.9 Å². The van der Waals surface area contributed by atoms with Gasteiger partial charge in [0, 0.05) is 35.3 Å². The van der Waals surface area contributed by atoms with Crippen LogP contribution in [0.3, 0.4) is 0 Å². The lowest BCUT2D eigenvalue weighted by atomic mass is 9.95. The molecule has 0 bridgehead atoms. The van der Waals surface area contributed by atoms with E-state index in [-0.39, 0.29) is 19.1 Å². The van der Waals surface area contributed by atoms with Crippen LogP contribution >= 0.6 is 27.5 Å². The van der Waals surface area contributed by atoms with Crippen LogP contribution in [0.5, 0.6) is 0 Å². The number of carbonyl (C=O) groups is 2. The van der Waals surface area contributed by atoms with Crippen molar-refractivity contribution in [2.75, 3.05) is 19.6 Å². The van der Waals surface area contributed by atoms with Gasteiger partial charge in [-0.15, -0.1) is 0 Å². The van der Waals surface area contributed by atoms with E-state index in [2.05, 4.69) is 26.9 Å². The molecule has 0 unspecified atom stereocenters. The number of carbonyl (C=O) groups excluding carboxylic acids is 1. The van der Waals surface area contributed by atoms with E-state index in [1.807, 2.05) is 18.2 Å². The van der Waals surface area contributed by atoms with Crippen LogP contribution < -0.4 is 0 Å². The van der Waals surface area contributed by atoms with Crippen LogP contribution in [0.1, 0.15) is 49.2 Å². The summed E-state index contributed by atoms with van der Waals surface area (Å²) >= 11 is 9.82. The zero-order chi connectivity index (χ0) is 23.9. The van der Waals surface area contributed by atoms with Crippen molar-refractivity contribution >= 4 is 39.6 Å². The number of aromatic nitrogens is 1. The lowest BCUT2D eigenvalue weighted by Crippen LogP contribution is -2.59. The molecule has 7 nitrogen and oxygen atoms in total. The molecule has 33 heavy (non-hydrogen) atoms. The second-order valence-corrected chi connectivity index (χ2v) is 10.8. The first-order valence-corrected chi connectivity index (χ1v) is 12.1. The van der Waals surface area contributed by atoms with Crippen LogP contribution in [-0.2, 0) is 22.4 Å². The highest BCUT2D eigenvalue weighted by Crippen LogP contribution is 2.38. The Labute approximate surface area is 206 Å². The molecular formula is C24H27BrClN3O4. The molecule has 1 aliphatic heterocycles. The minimum Gasteiger partial charge on any atom is -0.480 e. The fourth-order valence-corrected chi connectivity index (χ4v) is 5.14. The van der Waals surface area contributed by atoms with Gasteiger partial charge in [0.2, 0.25) is 0 Å².